The molecule has 0 radical (unpaired) electrons. The predicted octanol–water partition coefficient (Wildman–Crippen LogP) is 3.13. The monoisotopic (exact) mass is 467 g/mol. The highest BCUT2D eigenvalue weighted by Crippen LogP contribution is 2.21. The van der Waals surface area contributed by atoms with Gasteiger partial charge in [0.05, 0.1) is 12.0 Å². The van der Waals surface area contributed by atoms with Crippen molar-refractivity contribution in [3.63, 3.8) is 0 Å². The Morgan fingerprint density at radius 2 is 1.70 bits per heavy atom. The zero-order valence-corrected chi connectivity index (χ0v) is 19.0. The standard InChI is InChI=1S/C24H25N3O5S/c1-18-9-10-20(16-21(18)25-23(28)22-8-5-15-32-22)24(29)26-11-13-27(14-12-26)33(30,31)17-19-6-3-2-4-7-19/h2-10,15-16H,11-14,17H2,1H3,(H,25,28). The fourth-order valence-corrected chi connectivity index (χ4v) is 5.23. The summed E-state index contributed by atoms with van der Waals surface area (Å²) in [5, 5.41) is 2.77. The van der Waals surface area contributed by atoms with E-state index in [2.05, 4.69) is 5.32 Å². The van der Waals surface area contributed by atoms with Crippen molar-refractivity contribution in [1.29, 1.82) is 0 Å². The smallest absolute Gasteiger partial charge is 0.291 e. The van der Waals surface area contributed by atoms with Gasteiger partial charge in [0.1, 0.15) is 0 Å². The SMILES string of the molecule is Cc1ccc(C(=O)N2CCN(S(=O)(=O)Cc3ccccc3)CC2)cc1NC(=O)c1ccco1. The summed E-state index contributed by atoms with van der Waals surface area (Å²) in [5.41, 5.74) is 2.49. The number of rotatable bonds is 6. The van der Waals surface area contributed by atoms with Gasteiger partial charge >= 0.3 is 0 Å². The summed E-state index contributed by atoms with van der Waals surface area (Å²) < 4.78 is 32.1. The van der Waals surface area contributed by atoms with Gasteiger partial charge in [0.2, 0.25) is 10.0 Å². The molecule has 8 nitrogen and oxygen atoms in total. The lowest BCUT2D eigenvalue weighted by Gasteiger charge is -2.34. The number of benzene rings is 2. The number of nitrogens with zero attached hydrogens (tertiary/aromatic N) is 2. The fraction of sp³-hybridized carbons (Fsp3) is 0.250. The third-order valence-electron chi connectivity index (χ3n) is 5.59. The minimum Gasteiger partial charge on any atom is -0.459 e. The molecule has 3 aromatic rings. The first-order valence-corrected chi connectivity index (χ1v) is 12.2. The minimum absolute atomic E-state index is 0.0571. The van der Waals surface area contributed by atoms with Crippen LogP contribution < -0.4 is 5.32 Å². The number of nitrogens with one attached hydrogen (secondary N) is 1. The molecule has 172 valence electrons. The van der Waals surface area contributed by atoms with Gasteiger partial charge in [-0.05, 0) is 42.3 Å². The third-order valence-corrected chi connectivity index (χ3v) is 7.44. The van der Waals surface area contributed by atoms with E-state index in [1.54, 1.807) is 47.4 Å². The summed E-state index contributed by atoms with van der Waals surface area (Å²) >= 11 is 0. The minimum atomic E-state index is -3.46. The number of sulfonamides is 1. The van der Waals surface area contributed by atoms with Gasteiger partial charge in [-0.3, -0.25) is 9.59 Å². The Morgan fingerprint density at radius 1 is 0.970 bits per heavy atom. The van der Waals surface area contributed by atoms with Gasteiger partial charge in [0.25, 0.3) is 11.8 Å². The van der Waals surface area contributed by atoms with E-state index in [4.69, 9.17) is 4.42 Å². The van der Waals surface area contributed by atoms with Crippen LogP contribution in [-0.4, -0.2) is 55.6 Å². The summed E-state index contributed by atoms with van der Waals surface area (Å²) in [6, 6.07) is 17.4. The lowest BCUT2D eigenvalue weighted by atomic mass is 10.1. The summed E-state index contributed by atoms with van der Waals surface area (Å²) in [6.07, 6.45) is 1.42. The van der Waals surface area contributed by atoms with Gasteiger partial charge in [0, 0.05) is 37.4 Å². The van der Waals surface area contributed by atoms with Crippen LogP contribution in [0.3, 0.4) is 0 Å². The van der Waals surface area contributed by atoms with Crippen LogP contribution in [0.5, 0.6) is 0 Å². The van der Waals surface area contributed by atoms with Gasteiger partial charge in [-0.25, -0.2) is 8.42 Å². The van der Waals surface area contributed by atoms with Crippen LogP contribution in [0.15, 0.2) is 71.3 Å². The van der Waals surface area contributed by atoms with Crippen molar-refractivity contribution < 1.29 is 22.4 Å². The van der Waals surface area contributed by atoms with Crippen LogP contribution in [0.25, 0.3) is 0 Å². The van der Waals surface area contributed by atoms with E-state index < -0.39 is 15.9 Å². The summed E-state index contributed by atoms with van der Waals surface area (Å²) in [7, 11) is -3.46. The number of piperazine rings is 1. The van der Waals surface area contributed by atoms with Gasteiger partial charge in [-0.1, -0.05) is 36.4 Å². The Bertz CT molecular complexity index is 1230. The van der Waals surface area contributed by atoms with Crippen molar-refractivity contribution in [2.45, 2.75) is 12.7 Å². The molecule has 0 bridgehead atoms. The Morgan fingerprint density at radius 3 is 2.36 bits per heavy atom. The van der Waals surface area contributed by atoms with Crippen LogP contribution >= 0.6 is 0 Å². The molecular formula is C24H25N3O5S. The zero-order chi connectivity index (χ0) is 23.4. The maximum Gasteiger partial charge on any atom is 0.291 e. The van der Waals surface area contributed by atoms with Gasteiger partial charge < -0.3 is 14.6 Å². The first-order valence-electron chi connectivity index (χ1n) is 10.6. The van der Waals surface area contributed by atoms with Crippen LogP contribution in [-0.2, 0) is 15.8 Å². The van der Waals surface area contributed by atoms with Crippen LogP contribution in [0.4, 0.5) is 5.69 Å². The highest BCUT2D eigenvalue weighted by Gasteiger charge is 2.29. The van der Waals surface area contributed by atoms with E-state index in [1.807, 2.05) is 25.1 Å². The second-order valence-corrected chi connectivity index (χ2v) is 9.86. The average Bonchev–Trinajstić information content (AvgIpc) is 3.36. The normalized spacial score (nSPS) is 14.8. The number of amides is 2. The molecule has 1 saturated heterocycles. The predicted molar refractivity (Wildman–Crippen MR) is 124 cm³/mol. The van der Waals surface area contributed by atoms with Crippen molar-refractivity contribution in [1.82, 2.24) is 9.21 Å². The van der Waals surface area contributed by atoms with E-state index in [0.717, 1.165) is 11.1 Å². The first-order chi connectivity index (χ1) is 15.8. The zero-order valence-electron chi connectivity index (χ0n) is 18.2. The van der Waals surface area contributed by atoms with Crippen molar-refractivity contribution >= 4 is 27.5 Å². The maximum atomic E-state index is 13.1. The van der Waals surface area contributed by atoms with Crippen molar-refractivity contribution in [3.8, 4) is 0 Å². The third kappa shape index (κ3) is 5.32. The highest BCUT2D eigenvalue weighted by atomic mass is 32.2. The molecule has 2 heterocycles. The molecule has 2 amide bonds. The van der Waals surface area contributed by atoms with Gasteiger partial charge in [-0.2, -0.15) is 4.31 Å². The Labute approximate surface area is 192 Å². The molecule has 0 aliphatic carbocycles. The van der Waals surface area contributed by atoms with E-state index in [0.29, 0.717) is 24.3 Å². The van der Waals surface area contributed by atoms with E-state index in [-0.39, 0.29) is 30.5 Å². The second-order valence-electron chi connectivity index (χ2n) is 7.89. The molecule has 0 unspecified atom stereocenters. The number of aryl methyl sites for hydroxylation is 1. The molecule has 1 N–H and O–H groups in total. The largest absolute Gasteiger partial charge is 0.459 e. The summed E-state index contributed by atoms with van der Waals surface area (Å²) in [6.45, 7) is 2.93. The van der Waals surface area contributed by atoms with Gasteiger partial charge in [-0.15, -0.1) is 0 Å². The first kappa shape index (κ1) is 22.8. The quantitative estimate of drug-likeness (QED) is 0.600. The summed E-state index contributed by atoms with van der Waals surface area (Å²) in [5.74, 6) is -0.481. The molecule has 1 aromatic heterocycles. The number of carbonyl (C=O) groups excluding carboxylic acids is 2. The van der Waals surface area contributed by atoms with E-state index in [1.165, 1.54) is 10.6 Å². The van der Waals surface area contributed by atoms with Gasteiger partial charge in [0.15, 0.2) is 5.76 Å². The Hall–Kier alpha value is -3.43. The van der Waals surface area contributed by atoms with Crippen LogP contribution in [0.2, 0.25) is 0 Å². The van der Waals surface area contributed by atoms with E-state index >= 15 is 0 Å². The molecule has 4 rings (SSSR count). The summed E-state index contributed by atoms with van der Waals surface area (Å²) in [4.78, 5) is 27.0. The Balaban J connectivity index is 1.40. The van der Waals surface area contributed by atoms with E-state index in [9.17, 15) is 18.0 Å². The average molecular weight is 468 g/mol. The van der Waals surface area contributed by atoms with Crippen molar-refractivity contribution in [2.24, 2.45) is 0 Å². The molecule has 9 heteroatoms. The topological polar surface area (TPSA) is 99.9 Å². The maximum absolute atomic E-state index is 13.1. The van der Waals surface area contributed by atoms with Crippen LogP contribution in [0, 0.1) is 6.92 Å². The van der Waals surface area contributed by atoms with Crippen molar-refractivity contribution in [2.75, 3.05) is 31.5 Å². The fourth-order valence-electron chi connectivity index (χ4n) is 3.71. The molecule has 33 heavy (non-hydrogen) atoms. The highest BCUT2D eigenvalue weighted by molar-refractivity contribution is 7.88. The molecule has 0 atom stereocenters. The number of carbonyl (C=O) groups is 2. The van der Waals surface area contributed by atoms with Crippen LogP contribution in [0.1, 0.15) is 32.0 Å². The number of hydrogen-bond acceptors (Lipinski definition) is 5. The molecule has 1 fully saturated rings. The number of anilines is 1. The molecular weight excluding hydrogens is 442 g/mol. The number of hydrogen-bond donors (Lipinski definition) is 1. The molecule has 1 aliphatic heterocycles. The molecule has 1 aliphatic rings. The lowest BCUT2D eigenvalue weighted by molar-refractivity contribution is 0.0697. The second kappa shape index (κ2) is 9.60. The molecule has 2 aromatic carbocycles. The Kier molecular flexibility index (Phi) is 6.62. The number of furan rings is 1. The lowest BCUT2D eigenvalue weighted by Crippen LogP contribution is -2.50. The molecule has 0 saturated carbocycles. The van der Waals surface area contributed by atoms with Crippen molar-refractivity contribution in [3.05, 3.63) is 89.4 Å². The molecule has 0 spiro atoms.